The molecular weight excluding hydrogens is 342 g/mol. The molecule has 27 heavy (non-hydrogen) atoms. The minimum atomic E-state index is 0.302. The average molecular weight is 376 g/mol. The average Bonchev–Trinajstić information content (AvgIpc) is 2.74. The molecule has 1 aromatic carbocycles. The highest BCUT2D eigenvalue weighted by atomic mass is 16.5. The van der Waals surface area contributed by atoms with E-state index in [0.29, 0.717) is 18.8 Å². The van der Waals surface area contributed by atoms with Gasteiger partial charge in [0.05, 0.1) is 25.4 Å². The summed E-state index contributed by atoms with van der Waals surface area (Å²) in [5, 5.41) is 3.40. The Morgan fingerprint density at radius 3 is 2.70 bits per heavy atom. The van der Waals surface area contributed by atoms with Crippen LogP contribution in [0.2, 0.25) is 0 Å². The molecule has 150 valence electrons. The maximum Gasteiger partial charge on any atom is 0.193 e. The fourth-order valence-electron chi connectivity index (χ4n) is 3.60. The SMILES string of the molecule is CN=C(NCCOc1ccccc1)N1CCC(OCC2CCCCO2)CC1. The first-order valence-electron chi connectivity index (χ1n) is 10.2. The predicted octanol–water partition coefficient (Wildman–Crippen LogP) is 2.69. The van der Waals surface area contributed by atoms with E-state index in [1.807, 2.05) is 37.4 Å². The lowest BCUT2D eigenvalue weighted by Crippen LogP contribution is -2.48. The summed E-state index contributed by atoms with van der Waals surface area (Å²) in [6, 6.07) is 9.89. The predicted molar refractivity (Wildman–Crippen MR) is 107 cm³/mol. The van der Waals surface area contributed by atoms with E-state index >= 15 is 0 Å². The Balaban J connectivity index is 1.31. The molecule has 1 aromatic rings. The number of likely N-dealkylation sites (tertiary alicyclic amines) is 1. The zero-order valence-electron chi connectivity index (χ0n) is 16.4. The summed E-state index contributed by atoms with van der Waals surface area (Å²) in [6.45, 7) is 4.92. The number of guanidine groups is 1. The molecule has 0 amide bonds. The molecule has 3 rings (SSSR count). The van der Waals surface area contributed by atoms with Gasteiger partial charge in [0.2, 0.25) is 0 Å². The standard InChI is InChI=1S/C21H33N3O3/c1-22-21(23-12-16-26-18-7-3-2-4-8-18)24-13-10-19(11-14-24)27-17-20-9-5-6-15-25-20/h2-4,7-8,19-20H,5-6,9-17H2,1H3,(H,22,23). The molecule has 2 saturated heterocycles. The van der Waals surface area contributed by atoms with Crippen molar-refractivity contribution in [1.29, 1.82) is 0 Å². The minimum Gasteiger partial charge on any atom is -0.492 e. The van der Waals surface area contributed by atoms with Gasteiger partial charge in [0.1, 0.15) is 12.4 Å². The van der Waals surface area contributed by atoms with Crippen LogP contribution in [0.3, 0.4) is 0 Å². The Labute approximate surface area is 162 Å². The number of hydrogen-bond donors (Lipinski definition) is 1. The molecule has 6 heteroatoms. The van der Waals surface area contributed by atoms with Crippen LogP contribution in [0.4, 0.5) is 0 Å². The van der Waals surface area contributed by atoms with Gasteiger partial charge in [0.15, 0.2) is 5.96 Å². The van der Waals surface area contributed by atoms with Gasteiger partial charge < -0.3 is 24.4 Å². The van der Waals surface area contributed by atoms with Gasteiger partial charge in [-0.2, -0.15) is 0 Å². The molecule has 2 heterocycles. The van der Waals surface area contributed by atoms with Gasteiger partial charge in [-0.25, -0.2) is 0 Å². The number of para-hydroxylation sites is 1. The number of nitrogens with zero attached hydrogens (tertiary/aromatic N) is 2. The second-order valence-corrected chi connectivity index (χ2v) is 7.14. The van der Waals surface area contributed by atoms with Crippen LogP contribution in [0.15, 0.2) is 35.3 Å². The van der Waals surface area contributed by atoms with Crippen LogP contribution in [0, 0.1) is 0 Å². The molecule has 2 aliphatic heterocycles. The molecule has 0 aromatic heterocycles. The topological polar surface area (TPSA) is 55.3 Å². The summed E-state index contributed by atoms with van der Waals surface area (Å²) >= 11 is 0. The summed E-state index contributed by atoms with van der Waals surface area (Å²) in [5.74, 6) is 1.84. The van der Waals surface area contributed by atoms with Crippen LogP contribution in [0.1, 0.15) is 32.1 Å². The van der Waals surface area contributed by atoms with Crippen molar-refractivity contribution < 1.29 is 14.2 Å². The van der Waals surface area contributed by atoms with Crippen LogP contribution in [-0.2, 0) is 9.47 Å². The third-order valence-corrected chi connectivity index (χ3v) is 5.14. The van der Waals surface area contributed by atoms with Crippen molar-refractivity contribution in [3.63, 3.8) is 0 Å². The van der Waals surface area contributed by atoms with E-state index in [-0.39, 0.29) is 0 Å². The van der Waals surface area contributed by atoms with Crippen molar-refractivity contribution in [3.8, 4) is 5.75 Å². The summed E-state index contributed by atoms with van der Waals surface area (Å²) < 4.78 is 17.6. The first kappa shape index (κ1) is 20.0. The minimum absolute atomic E-state index is 0.302. The largest absolute Gasteiger partial charge is 0.492 e. The Morgan fingerprint density at radius 1 is 1.19 bits per heavy atom. The molecule has 0 saturated carbocycles. The van der Waals surface area contributed by atoms with Crippen LogP contribution >= 0.6 is 0 Å². The quantitative estimate of drug-likeness (QED) is 0.451. The first-order chi connectivity index (χ1) is 13.3. The van der Waals surface area contributed by atoms with Crippen molar-refractivity contribution >= 4 is 5.96 Å². The molecule has 0 bridgehead atoms. The zero-order chi connectivity index (χ0) is 18.7. The van der Waals surface area contributed by atoms with Crippen molar-refractivity contribution in [3.05, 3.63) is 30.3 Å². The molecule has 1 unspecified atom stereocenters. The monoisotopic (exact) mass is 375 g/mol. The lowest BCUT2D eigenvalue weighted by Gasteiger charge is -2.35. The van der Waals surface area contributed by atoms with E-state index in [1.54, 1.807) is 0 Å². The highest BCUT2D eigenvalue weighted by Gasteiger charge is 2.23. The molecule has 0 spiro atoms. The number of benzene rings is 1. The summed E-state index contributed by atoms with van der Waals surface area (Å²) in [4.78, 5) is 6.72. The van der Waals surface area contributed by atoms with Crippen molar-refractivity contribution in [2.45, 2.75) is 44.3 Å². The third-order valence-electron chi connectivity index (χ3n) is 5.14. The van der Waals surface area contributed by atoms with Gasteiger partial charge >= 0.3 is 0 Å². The van der Waals surface area contributed by atoms with E-state index in [0.717, 1.165) is 63.8 Å². The van der Waals surface area contributed by atoms with Crippen LogP contribution in [0.5, 0.6) is 5.75 Å². The molecule has 0 radical (unpaired) electrons. The lowest BCUT2D eigenvalue weighted by atomic mass is 10.1. The summed E-state index contributed by atoms with van der Waals surface area (Å²) in [6.07, 6.45) is 6.31. The normalized spacial score (nSPS) is 21.9. The van der Waals surface area contributed by atoms with Crippen LogP contribution in [-0.4, -0.2) is 69.6 Å². The summed E-state index contributed by atoms with van der Waals surface area (Å²) in [5.41, 5.74) is 0. The number of hydrogen-bond acceptors (Lipinski definition) is 4. The fourth-order valence-corrected chi connectivity index (χ4v) is 3.60. The van der Waals surface area contributed by atoms with Crippen LogP contribution < -0.4 is 10.1 Å². The molecule has 6 nitrogen and oxygen atoms in total. The Kier molecular flexibility index (Phi) is 8.24. The molecule has 0 aliphatic carbocycles. The molecule has 1 N–H and O–H groups in total. The number of aliphatic imine (C=N–C) groups is 1. The number of nitrogens with one attached hydrogen (secondary N) is 1. The Morgan fingerprint density at radius 2 is 2.00 bits per heavy atom. The number of ether oxygens (including phenoxy) is 3. The third kappa shape index (κ3) is 6.70. The van der Waals surface area contributed by atoms with Gasteiger partial charge in [0.25, 0.3) is 0 Å². The lowest BCUT2D eigenvalue weighted by molar-refractivity contribution is -0.0721. The highest BCUT2D eigenvalue weighted by molar-refractivity contribution is 5.79. The number of piperidine rings is 1. The first-order valence-corrected chi connectivity index (χ1v) is 10.2. The van der Waals surface area contributed by atoms with Crippen molar-refractivity contribution in [1.82, 2.24) is 10.2 Å². The van der Waals surface area contributed by atoms with E-state index < -0.39 is 0 Å². The second kappa shape index (κ2) is 11.1. The van der Waals surface area contributed by atoms with E-state index in [4.69, 9.17) is 14.2 Å². The molecular formula is C21H33N3O3. The van der Waals surface area contributed by atoms with Gasteiger partial charge in [-0.05, 0) is 44.2 Å². The smallest absolute Gasteiger partial charge is 0.193 e. The van der Waals surface area contributed by atoms with E-state index in [2.05, 4.69) is 15.2 Å². The van der Waals surface area contributed by atoms with E-state index in [1.165, 1.54) is 12.8 Å². The maximum atomic E-state index is 6.10. The van der Waals surface area contributed by atoms with E-state index in [9.17, 15) is 0 Å². The van der Waals surface area contributed by atoms with Gasteiger partial charge in [-0.15, -0.1) is 0 Å². The second-order valence-electron chi connectivity index (χ2n) is 7.14. The molecule has 2 fully saturated rings. The van der Waals surface area contributed by atoms with Gasteiger partial charge in [0, 0.05) is 26.7 Å². The molecule has 1 atom stereocenters. The fraction of sp³-hybridized carbons (Fsp3) is 0.667. The maximum absolute atomic E-state index is 6.10. The Hall–Kier alpha value is -1.79. The summed E-state index contributed by atoms with van der Waals surface area (Å²) in [7, 11) is 1.84. The van der Waals surface area contributed by atoms with Gasteiger partial charge in [-0.3, -0.25) is 4.99 Å². The van der Waals surface area contributed by atoms with Crippen LogP contribution in [0.25, 0.3) is 0 Å². The van der Waals surface area contributed by atoms with Crippen molar-refractivity contribution in [2.24, 2.45) is 4.99 Å². The highest BCUT2D eigenvalue weighted by Crippen LogP contribution is 2.18. The zero-order valence-corrected chi connectivity index (χ0v) is 16.4. The van der Waals surface area contributed by atoms with Crippen molar-refractivity contribution in [2.75, 3.05) is 46.5 Å². The number of rotatable bonds is 7. The molecule has 2 aliphatic rings. The van der Waals surface area contributed by atoms with Gasteiger partial charge in [-0.1, -0.05) is 18.2 Å². The Bertz CT molecular complexity index is 553.